The zero-order valence-electron chi connectivity index (χ0n) is 21.5. The molecule has 42 heavy (non-hydrogen) atoms. The first kappa shape index (κ1) is 34.0. The zero-order valence-corrected chi connectivity index (χ0v) is 21.5. The Morgan fingerprint density at radius 2 is 0.905 bits per heavy atom. The highest BCUT2D eigenvalue weighted by Crippen LogP contribution is 2.27. The fourth-order valence-electron chi connectivity index (χ4n) is 3.28. The number of hydrogen-bond acceptors (Lipinski definition) is 8. The van der Waals surface area contributed by atoms with Crippen LogP contribution in [0.3, 0.4) is 0 Å². The number of hydrogen-bond donors (Lipinski definition) is 2. The average molecular weight is 610 g/mol. The molecule has 0 radical (unpaired) electrons. The Kier molecular flexibility index (Phi) is 12.3. The van der Waals surface area contributed by atoms with Crippen molar-refractivity contribution in [1.82, 2.24) is 0 Å². The van der Waals surface area contributed by atoms with Gasteiger partial charge in [-0.05, 0) is 35.4 Å². The highest BCUT2D eigenvalue weighted by molar-refractivity contribution is 6.05. The molecule has 2 rings (SSSR count). The summed E-state index contributed by atoms with van der Waals surface area (Å²) in [7, 11) is 0. The van der Waals surface area contributed by atoms with Gasteiger partial charge in [0.15, 0.2) is 0 Å². The predicted octanol–water partition coefficient (Wildman–Crippen LogP) is 5.00. The quantitative estimate of drug-likeness (QED) is 0.161. The second-order valence-corrected chi connectivity index (χ2v) is 8.36. The average Bonchev–Trinajstić information content (AvgIpc) is 2.90. The lowest BCUT2D eigenvalue weighted by Gasteiger charge is -2.12. The van der Waals surface area contributed by atoms with E-state index in [9.17, 15) is 55.7 Å². The van der Waals surface area contributed by atoms with Crippen LogP contribution in [-0.4, -0.2) is 86.1 Å². The van der Waals surface area contributed by atoms with Crippen molar-refractivity contribution in [1.29, 1.82) is 0 Å². The standard InChI is InChI=1S/C26H24F6O10/c27-25(28,29)5-7-39-9-11-41-23(37)17-3-1-15(13-19(17)21(33)34)16-2-4-18(20(14-16)22(35)36)24(38)42-12-10-40-8-6-26(30,31)32/h1-4,13-14H,5-12H2,(H,33,34)(H,35,36). The maximum Gasteiger partial charge on any atom is 0.391 e. The summed E-state index contributed by atoms with van der Waals surface area (Å²) in [5.74, 6) is -5.27. The molecule has 2 aromatic rings. The van der Waals surface area contributed by atoms with Crippen molar-refractivity contribution in [2.24, 2.45) is 0 Å². The Labute approximate surface area is 233 Å². The maximum absolute atomic E-state index is 12.4. The van der Waals surface area contributed by atoms with Crippen LogP contribution in [0, 0.1) is 0 Å². The van der Waals surface area contributed by atoms with Gasteiger partial charge in [0.1, 0.15) is 13.2 Å². The van der Waals surface area contributed by atoms with Gasteiger partial charge in [-0.25, -0.2) is 19.2 Å². The van der Waals surface area contributed by atoms with Crippen molar-refractivity contribution in [3.05, 3.63) is 58.7 Å². The molecule has 0 bridgehead atoms. The lowest BCUT2D eigenvalue weighted by atomic mass is 9.96. The SMILES string of the molecule is O=C(O)c1cc(-c2ccc(C(=O)OCCOCCC(F)(F)F)c(C(=O)O)c2)ccc1C(=O)OCCOCCC(F)(F)F. The Balaban J connectivity index is 2.10. The molecule has 230 valence electrons. The second kappa shape index (κ2) is 15.2. The van der Waals surface area contributed by atoms with Gasteiger partial charge < -0.3 is 29.2 Å². The molecular weight excluding hydrogens is 586 g/mol. The molecule has 0 saturated carbocycles. The van der Waals surface area contributed by atoms with E-state index in [2.05, 4.69) is 0 Å². The lowest BCUT2D eigenvalue weighted by molar-refractivity contribution is -0.146. The van der Waals surface area contributed by atoms with Crippen LogP contribution in [0.4, 0.5) is 26.3 Å². The Bertz CT molecular complexity index is 1180. The highest BCUT2D eigenvalue weighted by atomic mass is 19.4. The van der Waals surface area contributed by atoms with E-state index in [0.29, 0.717) is 0 Å². The minimum atomic E-state index is -4.41. The van der Waals surface area contributed by atoms with E-state index >= 15 is 0 Å². The number of benzene rings is 2. The fraction of sp³-hybridized carbons (Fsp3) is 0.385. The van der Waals surface area contributed by atoms with E-state index in [1.165, 1.54) is 12.1 Å². The van der Waals surface area contributed by atoms with Gasteiger partial charge in [0.05, 0.1) is 61.5 Å². The smallest absolute Gasteiger partial charge is 0.391 e. The van der Waals surface area contributed by atoms with E-state index in [1.807, 2.05) is 0 Å². The topological polar surface area (TPSA) is 146 Å². The number of esters is 2. The van der Waals surface area contributed by atoms with Gasteiger partial charge in [-0.1, -0.05) is 12.1 Å². The minimum absolute atomic E-state index is 0.139. The number of aromatic carboxylic acids is 2. The summed E-state index contributed by atoms with van der Waals surface area (Å²) >= 11 is 0. The number of rotatable bonds is 15. The third-order valence-corrected chi connectivity index (χ3v) is 5.25. The van der Waals surface area contributed by atoms with E-state index in [0.717, 1.165) is 24.3 Å². The van der Waals surface area contributed by atoms with E-state index in [-0.39, 0.29) is 24.3 Å². The highest BCUT2D eigenvalue weighted by Gasteiger charge is 2.27. The summed E-state index contributed by atoms with van der Waals surface area (Å²) in [4.78, 5) is 48.3. The third-order valence-electron chi connectivity index (χ3n) is 5.25. The van der Waals surface area contributed by atoms with Crippen LogP contribution in [0.15, 0.2) is 36.4 Å². The first-order chi connectivity index (χ1) is 19.6. The molecule has 2 N–H and O–H groups in total. The molecule has 0 fully saturated rings. The molecule has 0 aliphatic carbocycles. The number of carbonyl (C=O) groups excluding carboxylic acids is 2. The molecule has 0 aliphatic heterocycles. The molecule has 0 amide bonds. The number of carboxylic acids is 2. The van der Waals surface area contributed by atoms with Gasteiger partial charge in [0, 0.05) is 0 Å². The largest absolute Gasteiger partial charge is 0.478 e. The molecule has 2 aromatic carbocycles. The van der Waals surface area contributed by atoms with Crippen molar-refractivity contribution in [3.8, 4) is 11.1 Å². The van der Waals surface area contributed by atoms with Crippen molar-refractivity contribution in [2.45, 2.75) is 25.2 Å². The van der Waals surface area contributed by atoms with Gasteiger partial charge in [-0.2, -0.15) is 26.3 Å². The molecular formula is C26H24F6O10. The van der Waals surface area contributed by atoms with Crippen molar-refractivity contribution in [2.75, 3.05) is 39.6 Å². The van der Waals surface area contributed by atoms with E-state index < -0.39 is 97.8 Å². The van der Waals surface area contributed by atoms with Gasteiger partial charge >= 0.3 is 36.2 Å². The lowest BCUT2D eigenvalue weighted by Crippen LogP contribution is -2.17. The summed E-state index contributed by atoms with van der Waals surface area (Å²) in [6.45, 7) is -2.91. The van der Waals surface area contributed by atoms with Crippen LogP contribution >= 0.6 is 0 Å². The summed E-state index contributed by atoms with van der Waals surface area (Å²) in [6, 6.07) is 6.84. The Hall–Kier alpha value is -4.18. The van der Waals surface area contributed by atoms with Gasteiger partial charge in [0.2, 0.25) is 0 Å². The molecule has 0 saturated heterocycles. The monoisotopic (exact) mass is 610 g/mol. The minimum Gasteiger partial charge on any atom is -0.478 e. The van der Waals surface area contributed by atoms with E-state index in [1.54, 1.807) is 0 Å². The van der Waals surface area contributed by atoms with Gasteiger partial charge in [-0.15, -0.1) is 0 Å². The number of halogens is 6. The van der Waals surface area contributed by atoms with Crippen molar-refractivity contribution in [3.63, 3.8) is 0 Å². The molecule has 10 nitrogen and oxygen atoms in total. The summed E-state index contributed by atoms with van der Waals surface area (Å²) in [5.41, 5.74) is -1.56. The Morgan fingerprint density at radius 3 is 1.21 bits per heavy atom. The normalized spacial score (nSPS) is 11.7. The van der Waals surface area contributed by atoms with Crippen LogP contribution < -0.4 is 0 Å². The third kappa shape index (κ3) is 11.4. The predicted molar refractivity (Wildman–Crippen MR) is 129 cm³/mol. The van der Waals surface area contributed by atoms with Crippen LogP contribution in [0.2, 0.25) is 0 Å². The summed E-state index contributed by atoms with van der Waals surface area (Å²) < 4.78 is 91.8. The number of carbonyl (C=O) groups is 4. The molecule has 16 heteroatoms. The Morgan fingerprint density at radius 1 is 0.548 bits per heavy atom. The van der Waals surface area contributed by atoms with Crippen LogP contribution in [-0.2, 0) is 18.9 Å². The maximum atomic E-state index is 12.4. The first-order valence-corrected chi connectivity index (χ1v) is 12.0. The molecule has 0 aromatic heterocycles. The zero-order chi connectivity index (χ0) is 31.5. The number of carboxylic acid groups (broad SMARTS) is 2. The first-order valence-electron chi connectivity index (χ1n) is 12.0. The second-order valence-electron chi connectivity index (χ2n) is 8.36. The molecule has 0 spiro atoms. The number of alkyl halides is 6. The van der Waals surface area contributed by atoms with Crippen LogP contribution in [0.25, 0.3) is 11.1 Å². The van der Waals surface area contributed by atoms with Gasteiger partial charge in [0.25, 0.3) is 0 Å². The molecule has 0 aliphatic rings. The fourth-order valence-corrected chi connectivity index (χ4v) is 3.28. The molecule has 0 atom stereocenters. The van der Waals surface area contributed by atoms with Crippen LogP contribution in [0.1, 0.15) is 54.3 Å². The summed E-state index contributed by atoms with van der Waals surface area (Å²) in [5, 5.41) is 19.2. The molecule has 0 unspecified atom stereocenters. The number of ether oxygens (including phenoxy) is 4. The van der Waals surface area contributed by atoms with Gasteiger partial charge in [-0.3, -0.25) is 0 Å². The van der Waals surface area contributed by atoms with Crippen LogP contribution in [0.5, 0.6) is 0 Å². The van der Waals surface area contributed by atoms with Crippen molar-refractivity contribution < 1.29 is 74.7 Å². The van der Waals surface area contributed by atoms with E-state index in [4.69, 9.17) is 18.9 Å². The molecule has 0 heterocycles. The summed E-state index contributed by atoms with van der Waals surface area (Å²) in [6.07, 6.45) is -11.2. The van der Waals surface area contributed by atoms with Crippen molar-refractivity contribution >= 4 is 23.9 Å².